The topological polar surface area (TPSA) is 64.0 Å². The van der Waals surface area contributed by atoms with Crippen molar-refractivity contribution < 1.29 is 8.42 Å². The van der Waals surface area contributed by atoms with Crippen molar-refractivity contribution in [2.24, 2.45) is 24.8 Å². The summed E-state index contributed by atoms with van der Waals surface area (Å²) in [6.45, 7) is 6.47. The van der Waals surface area contributed by atoms with E-state index in [0.29, 0.717) is 17.8 Å². The second-order valence-electron chi connectivity index (χ2n) is 6.51. The standard InChI is InChI=1S/C14H24ClN3O2S/c1-9(2)11-6-5-10(3)7-12(11)17-21(19,20)14-13(15)18(4)8-16-14/h8-12,17H,5-7H2,1-4H3. The number of halogens is 1. The minimum absolute atomic E-state index is 0.0446. The van der Waals surface area contributed by atoms with Crippen molar-refractivity contribution in [1.29, 1.82) is 0 Å². The van der Waals surface area contributed by atoms with Crippen LogP contribution in [0.4, 0.5) is 0 Å². The highest BCUT2D eigenvalue weighted by Crippen LogP contribution is 2.34. The maximum atomic E-state index is 12.5. The molecule has 5 nitrogen and oxygen atoms in total. The van der Waals surface area contributed by atoms with Gasteiger partial charge in [0.1, 0.15) is 5.15 Å². The first kappa shape index (κ1) is 16.8. The van der Waals surface area contributed by atoms with E-state index >= 15 is 0 Å². The van der Waals surface area contributed by atoms with Gasteiger partial charge in [0.15, 0.2) is 0 Å². The van der Waals surface area contributed by atoms with E-state index in [2.05, 4.69) is 30.5 Å². The number of imidazole rings is 1. The molecule has 1 N–H and O–H groups in total. The molecule has 1 fully saturated rings. The Morgan fingerprint density at radius 1 is 1.43 bits per heavy atom. The van der Waals surface area contributed by atoms with Crippen LogP contribution in [0.1, 0.15) is 40.0 Å². The molecule has 1 aromatic heterocycles. The summed E-state index contributed by atoms with van der Waals surface area (Å²) in [4.78, 5) is 3.92. The van der Waals surface area contributed by atoms with Crippen LogP contribution < -0.4 is 4.72 Å². The Kier molecular flexibility index (Phi) is 5.00. The van der Waals surface area contributed by atoms with Gasteiger partial charge < -0.3 is 4.57 Å². The molecule has 0 aliphatic heterocycles. The lowest BCUT2D eigenvalue weighted by atomic mass is 9.74. The van der Waals surface area contributed by atoms with Gasteiger partial charge in [0.2, 0.25) is 5.03 Å². The van der Waals surface area contributed by atoms with Crippen LogP contribution in [-0.4, -0.2) is 24.0 Å². The molecule has 1 aliphatic rings. The number of nitrogens with one attached hydrogen (secondary N) is 1. The summed E-state index contributed by atoms with van der Waals surface area (Å²) in [7, 11) is -2.00. The number of sulfonamides is 1. The van der Waals surface area contributed by atoms with Crippen molar-refractivity contribution in [1.82, 2.24) is 14.3 Å². The van der Waals surface area contributed by atoms with E-state index < -0.39 is 10.0 Å². The van der Waals surface area contributed by atoms with Gasteiger partial charge in [-0.1, -0.05) is 38.8 Å². The van der Waals surface area contributed by atoms with Gasteiger partial charge in [-0.3, -0.25) is 0 Å². The summed E-state index contributed by atoms with van der Waals surface area (Å²) in [5.74, 6) is 1.34. The van der Waals surface area contributed by atoms with Crippen molar-refractivity contribution in [2.45, 2.75) is 51.1 Å². The van der Waals surface area contributed by atoms with Gasteiger partial charge in [0.05, 0.1) is 6.33 Å². The molecule has 1 heterocycles. The molecule has 2 rings (SSSR count). The molecule has 1 saturated carbocycles. The van der Waals surface area contributed by atoms with E-state index in [1.807, 2.05) is 0 Å². The molecule has 120 valence electrons. The summed E-state index contributed by atoms with van der Waals surface area (Å²) in [6.07, 6.45) is 4.50. The van der Waals surface area contributed by atoms with Crippen LogP contribution >= 0.6 is 11.6 Å². The molecule has 21 heavy (non-hydrogen) atoms. The highest BCUT2D eigenvalue weighted by atomic mass is 35.5. The van der Waals surface area contributed by atoms with Crippen molar-refractivity contribution in [3.05, 3.63) is 11.5 Å². The van der Waals surface area contributed by atoms with Crippen LogP contribution in [0.2, 0.25) is 5.15 Å². The monoisotopic (exact) mass is 333 g/mol. The molecule has 0 radical (unpaired) electrons. The van der Waals surface area contributed by atoms with Crippen LogP contribution in [-0.2, 0) is 17.1 Å². The Labute approximate surface area is 132 Å². The minimum atomic E-state index is -3.67. The van der Waals surface area contributed by atoms with Crippen LogP contribution in [0.25, 0.3) is 0 Å². The number of aromatic nitrogens is 2. The molecule has 3 atom stereocenters. The van der Waals surface area contributed by atoms with Crippen LogP contribution in [0.15, 0.2) is 11.4 Å². The molecule has 1 aliphatic carbocycles. The first-order valence-corrected chi connectivity index (χ1v) is 9.27. The maximum absolute atomic E-state index is 12.5. The molecule has 0 amide bonds. The zero-order valence-electron chi connectivity index (χ0n) is 13.0. The molecular weight excluding hydrogens is 310 g/mol. The number of rotatable bonds is 4. The lowest BCUT2D eigenvalue weighted by molar-refractivity contribution is 0.187. The van der Waals surface area contributed by atoms with Gasteiger partial charge >= 0.3 is 0 Å². The van der Waals surface area contributed by atoms with Crippen molar-refractivity contribution >= 4 is 21.6 Å². The lowest BCUT2D eigenvalue weighted by Crippen LogP contribution is -2.45. The van der Waals surface area contributed by atoms with Crippen LogP contribution in [0.5, 0.6) is 0 Å². The average molecular weight is 334 g/mol. The third kappa shape index (κ3) is 3.60. The van der Waals surface area contributed by atoms with E-state index in [0.717, 1.165) is 19.3 Å². The van der Waals surface area contributed by atoms with E-state index in [1.54, 1.807) is 7.05 Å². The number of hydrogen-bond donors (Lipinski definition) is 1. The van der Waals surface area contributed by atoms with Crippen LogP contribution in [0.3, 0.4) is 0 Å². The molecule has 1 aromatic rings. The maximum Gasteiger partial charge on any atom is 0.261 e. The number of nitrogens with zero attached hydrogens (tertiary/aromatic N) is 2. The smallest absolute Gasteiger partial charge is 0.261 e. The van der Waals surface area contributed by atoms with Gasteiger partial charge in [-0.25, -0.2) is 18.1 Å². The molecule has 7 heteroatoms. The average Bonchev–Trinajstić information content (AvgIpc) is 2.69. The summed E-state index contributed by atoms with van der Waals surface area (Å²) >= 11 is 6.02. The second kappa shape index (κ2) is 6.26. The first-order valence-electron chi connectivity index (χ1n) is 7.41. The van der Waals surface area contributed by atoms with Crippen molar-refractivity contribution in [3.63, 3.8) is 0 Å². The Balaban J connectivity index is 2.23. The molecular formula is C14H24ClN3O2S. The minimum Gasteiger partial charge on any atom is -0.324 e. The predicted molar refractivity (Wildman–Crippen MR) is 83.7 cm³/mol. The first-order chi connectivity index (χ1) is 9.72. The van der Waals surface area contributed by atoms with Crippen molar-refractivity contribution in [3.8, 4) is 0 Å². The number of hydrogen-bond acceptors (Lipinski definition) is 3. The molecule has 0 aromatic carbocycles. The Morgan fingerprint density at radius 2 is 2.10 bits per heavy atom. The third-order valence-corrected chi connectivity index (χ3v) is 6.40. The molecule has 0 bridgehead atoms. The fourth-order valence-electron chi connectivity index (χ4n) is 3.17. The number of aryl methyl sites for hydroxylation is 1. The fourth-order valence-corrected chi connectivity index (χ4v) is 4.90. The predicted octanol–water partition coefficient (Wildman–Crippen LogP) is 2.81. The summed E-state index contributed by atoms with van der Waals surface area (Å²) < 4.78 is 29.4. The highest BCUT2D eigenvalue weighted by Gasteiger charge is 2.35. The van der Waals surface area contributed by atoms with E-state index in [4.69, 9.17) is 11.6 Å². The molecule has 0 spiro atoms. The van der Waals surface area contributed by atoms with Gasteiger partial charge in [-0.15, -0.1) is 0 Å². The van der Waals surface area contributed by atoms with Crippen molar-refractivity contribution in [2.75, 3.05) is 0 Å². The normalized spacial score (nSPS) is 27.2. The molecule has 3 unspecified atom stereocenters. The van der Waals surface area contributed by atoms with Gasteiger partial charge in [-0.05, 0) is 30.6 Å². The SMILES string of the molecule is CC1CCC(C(C)C)C(NS(=O)(=O)c2ncn(C)c2Cl)C1. The zero-order chi connectivity index (χ0) is 15.8. The lowest BCUT2D eigenvalue weighted by Gasteiger charge is -2.37. The zero-order valence-corrected chi connectivity index (χ0v) is 14.6. The Morgan fingerprint density at radius 3 is 2.62 bits per heavy atom. The molecule has 0 saturated heterocycles. The van der Waals surface area contributed by atoms with E-state index in [-0.39, 0.29) is 16.2 Å². The fraction of sp³-hybridized carbons (Fsp3) is 0.786. The quantitative estimate of drug-likeness (QED) is 0.921. The Hall–Kier alpha value is -0.590. The van der Waals surface area contributed by atoms with Gasteiger partial charge in [-0.2, -0.15) is 0 Å². The van der Waals surface area contributed by atoms with E-state index in [9.17, 15) is 8.42 Å². The largest absolute Gasteiger partial charge is 0.324 e. The summed E-state index contributed by atoms with van der Waals surface area (Å²) in [6, 6.07) is -0.0446. The highest BCUT2D eigenvalue weighted by molar-refractivity contribution is 7.89. The summed E-state index contributed by atoms with van der Waals surface area (Å²) in [5.41, 5.74) is 0. The van der Waals surface area contributed by atoms with Gasteiger partial charge in [0.25, 0.3) is 10.0 Å². The van der Waals surface area contributed by atoms with Gasteiger partial charge in [0, 0.05) is 13.1 Å². The summed E-state index contributed by atoms with van der Waals surface area (Å²) in [5, 5.41) is 0.0693. The Bertz CT molecular complexity index is 597. The third-order valence-electron chi connectivity index (χ3n) is 4.42. The second-order valence-corrected chi connectivity index (χ2v) is 8.49. The van der Waals surface area contributed by atoms with E-state index in [1.165, 1.54) is 10.9 Å². The van der Waals surface area contributed by atoms with Crippen LogP contribution in [0, 0.1) is 17.8 Å².